The third-order valence-corrected chi connectivity index (χ3v) is 2.12. The number of likely N-dealkylation sites (N-methyl/N-ethyl adjacent to an activating group) is 1. The predicted molar refractivity (Wildman–Crippen MR) is 68.6 cm³/mol. The number of methoxy groups -OCH3 is 1. The first kappa shape index (κ1) is 16.4. The molecule has 15 heavy (non-hydrogen) atoms. The zero-order valence-electron chi connectivity index (χ0n) is 8.55. The zero-order chi connectivity index (χ0) is 12.0. The molecule has 1 rings (SSSR count). The van der Waals surface area contributed by atoms with Crippen LogP contribution < -0.4 is 0 Å². The Bertz CT molecular complexity index is 209. The van der Waals surface area contributed by atoms with Crippen LogP contribution in [0.3, 0.4) is 0 Å². The summed E-state index contributed by atoms with van der Waals surface area (Å²) in [5.74, 6) is -0.950. The van der Waals surface area contributed by atoms with Gasteiger partial charge in [-0.1, -0.05) is 0 Å². The molecule has 8 heteroatoms. The van der Waals surface area contributed by atoms with Gasteiger partial charge in [-0.15, -0.1) is 0 Å². The quantitative estimate of drug-likeness (QED) is 0.608. The molecular weight excluding hydrogens is 467 g/mol. The van der Waals surface area contributed by atoms with Gasteiger partial charge in [0.1, 0.15) is 0 Å². The number of carboxylic acid groups (broad SMARTS) is 1. The average Bonchev–Trinajstić information content (AvgIpc) is 2.45. The Balaban J connectivity index is 0.000000583. The minimum absolute atomic E-state index is 0.160. The van der Waals surface area contributed by atoms with Crippen molar-refractivity contribution >= 4 is 45.9 Å². The van der Waals surface area contributed by atoms with Gasteiger partial charge in [0.05, 0.1) is 0 Å². The minimum atomic E-state index is -0.950. The molecule has 0 aromatic rings. The summed E-state index contributed by atoms with van der Waals surface area (Å²) in [5, 5.41) is 8.71. The van der Waals surface area contributed by atoms with Crippen molar-refractivity contribution in [1.82, 2.24) is 4.90 Å². The summed E-state index contributed by atoms with van der Waals surface area (Å²) in [7, 11) is 3.88. The third kappa shape index (κ3) is 5.05. The molecule has 0 spiro atoms. The molecule has 0 aromatic heterocycles. The molecule has 0 aliphatic carbocycles. The van der Waals surface area contributed by atoms with E-state index in [2.05, 4.69) is 40.0 Å². The summed E-state index contributed by atoms with van der Waals surface area (Å²) in [6.45, 7) is 1.79. The number of nitrogens with zero attached hydrogens (tertiary/aromatic N) is 1. The van der Waals surface area contributed by atoms with Crippen LogP contribution in [0.1, 0.15) is 6.92 Å². The van der Waals surface area contributed by atoms with Crippen molar-refractivity contribution in [2.24, 2.45) is 0 Å². The Morgan fingerprint density at radius 2 is 2.07 bits per heavy atom. The van der Waals surface area contributed by atoms with Gasteiger partial charge in [0, 0.05) is 13.2 Å². The maximum absolute atomic E-state index is 10.6. The van der Waals surface area contributed by atoms with Crippen LogP contribution in [-0.4, -0.2) is 48.7 Å². The Labute approximate surface area is 118 Å². The number of hydrogen-bond donors (Lipinski definition) is 1. The Morgan fingerprint density at radius 3 is 2.27 bits per heavy atom. The fourth-order valence-corrected chi connectivity index (χ4v) is 1.23. The van der Waals surface area contributed by atoms with E-state index in [1.807, 2.05) is 0 Å². The predicted octanol–water partition coefficient (Wildman–Crippen LogP) is 1.49. The van der Waals surface area contributed by atoms with E-state index in [0.717, 1.165) is 0 Å². The van der Waals surface area contributed by atoms with Gasteiger partial charge in [0.2, 0.25) is 6.41 Å². The van der Waals surface area contributed by atoms with Gasteiger partial charge in [-0.25, -0.2) is 4.79 Å². The van der Waals surface area contributed by atoms with Crippen LogP contribution in [0, 0.1) is 0 Å². The molecular formula is C7H13I2NO4V. The molecule has 1 aliphatic heterocycles. The molecule has 1 N–H and O–H groups in total. The average molecular weight is 480 g/mol. The second-order valence-corrected chi connectivity index (χ2v) is 14.7. The van der Waals surface area contributed by atoms with Crippen molar-refractivity contribution in [3.05, 3.63) is 0 Å². The van der Waals surface area contributed by atoms with Gasteiger partial charge < -0.3 is 14.6 Å². The van der Waals surface area contributed by atoms with E-state index in [0.29, 0.717) is 9.47 Å². The van der Waals surface area contributed by atoms with Crippen LogP contribution in [0.4, 0.5) is 0 Å². The molecule has 5 nitrogen and oxygen atoms in total. The number of hydrogen-bond acceptors (Lipinski definition) is 4. The number of carbonyl (C=O) groups is 1. The second kappa shape index (κ2) is 8.48. The van der Waals surface area contributed by atoms with Crippen molar-refractivity contribution < 1.29 is 28.8 Å². The summed E-state index contributed by atoms with van der Waals surface area (Å²) in [6.07, 6.45) is -1.33. The fourth-order valence-electron chi connectivity index (χ4n) is 1.23. The van der Waals surface area contributed by atoms with Gasteiger partial charge in [0.15, 0.2) is 6.10 Å². The van der Waals surface area contributed by atoms with Gasteiger partial charge in [-0.05, 0) is 14.0 Å². The van der Waals surface area contributed by atoms with Crippen molar-refractivity contribution in [3.8, 4) is 0 Å². The van der Waals surface area contributed by atoms with Gasteiger partial charge in [-0.2, -0.15) is 0 Å². The molecule has 0 radical (unpaired) electrons. The molecule has 3 unspecified atom stereocenters. The number of aliphatic carboxylic acids is 1. The first-order chi connectivity index (χ1) is 6.99. The van der Waals surface area contributed by atoms with Crippen LogP contribution in [0.25, 0.3) is 0 Å². The molecule has 0 bridgehead atoms. The molecule has 0 aromatic carbocycles. The molecule has 1 fully saturated rings. The van der Waals surface area contributed by atoms with E-state index in [1.54, 1.807) is 18.9 Å². The zero-order valence-corrected chi connectivity index (χ0v) is 14.3. The monoisotopic (exact) mass is 480 g/mol. The third-order valence-electron chi connectivity index (χ3n) is 2.12. The fraction of sp³-hybridized carbons (Fsp3) is 0.857. The van der Waals surface area contributed by atoms with Gasteiger partial charge >= 0.3 is 55.4 Å². The molecule has 1 heterocycles. The Hall–Kier alpha value is 1.39. The number of ether oxygens (including phenoxy) is 2. The topological polar surface area (TPSA) is 59.0 Å². The van der Waals surface area contributed by atoms with E-state index >= 15 is 0 Å². The molecule has 0 amide bonds. The van der Waals surface area contributed by atoms with Gasteiger partial charge in [-0.3, -0.25) is 4.90 Å². The van der Waals surface area contributed by atoms with Crippen molar-refractivity contribution in [3.63, 3.8) is 0 Å². The summed E-state index contributed by atoms with van der Waals surface area (Å²) in [6, 6.07) is -0.160. The molecule has 1 aliphatic rings. The van der Waals surface area contributed by atoms with E-state index in [-0.39, 0.29) is 6.04 Å². The van der Waals surface area contributed by atoms with Crippen molar-refractivity contribution in [2.45, 2.75) is 25.5 Å². The number of halogens is 2. The van der Waals surface area contributed by atoms with Crippen LogP contribution in [0.5, 0.6) is 0 Å². The standard InChI is InChI=1S/C7H13NO4.2HI.V/c1-4-5(6(9)10)12-7(11-3)8(4)2;;;/h4-5,7H,1-3H3,(H,9,10);2*1H;/q;;;+2/p-2. The van der Waals surface area contributed by atoms with E-state index in [4.69, 9.17) is 14.6 Å². The van der Waals surface area contributed by atoms with Crippen LogP contribution in [0.2, 0.25) is 0 Å². The Morgan fingerprint density at radius 1 is 1.60 bits per heavy atom. The van der Waals surface area contributed by atoms with E-state index in [1.165, 1.54) is 7.11 Å². The Kier molecular flexibility index (Phi) is 9.27. The number of rotatable bonds is 2. The van der Waals surface area contributed by atoms with E-state index < -0.39 is 18.5 Å². The first-order valence-electron chi connectivity index (χ1n) is 4.04. The summed E-state index contributed by atoms with van der Waals surface area (Å²) in [4.78, 5) is 12.3. The summed E-state index contributed by atoms with van der Waals surface area (Å²) in [5.41, 5.74) is 0. The molecule has 3 atom stereocenters. The summed E-state index contributed by atoms with van der Waals surface area (Å²) < 4.78 is 10.0. The molecule has 1 saturated heterocycles. The maximum atomic E-state index is 10.6. The van der Waals surface area contributed by atoms with Gasteiger partial charge in [0.25, 0.3) is 0 Å². The second-order valence-electron chi connectivity index (χ2n) is 2.91. The number of carboxylic acids is 1. The molecule has 89 valence electrons. The van der Waals surface area contributed by atoms with Crippen LogP contribution >= 0.6 is 40.0 Å². The van der Waals surface area contributed by atoms with Crippen molar-refractivity contribution in [2.75, 3.05) is 14.2 Å². The first-order valence-corrected chi connectivity index (χ1v) is 13.1. The SMILES string of the molecule is COC1OC(C(=O)O)C(C)N1C.[I][V][I]. The van der Waals surface area contributed by atoms with Crippen LogP contribution in [-0.2, 0) is 23.7 Å². The molecule has 0 saturated carbocycles. The normalized spacial score (nSPS) is 30.6. The summed E-state index contributed by atoms with van der Waals surface area (Å²) >= 11 is 4.74. The van der Waals surface area contributed by atoms with E-state index in [9.17, 15) is 4.79 Å². The van der Waals surface area contributed by atoms with Crippen molar-refractivity contribution in [1.29, 1.82) is 0 Å². The van der Waals surface area contributed by atoms with Crippen LogP contribution in [0.15, 0.2) is 0 Å².